The summed E-state index contributed by atoms with van der Waals surface area (Å²) in [5, 5.41) is 15.5. The molecule has 1 aromatic heterocycles. The lowest BCUT2D eigenvalue weighted by Gasteiger charge is -2.11. The van der Waals surface area contributed by atoms with E-state index in [9.17, 15) is 14.7 Å². The molecule has 0 saturated heterocycles. The van der Waals surface area contributed by atoms with Crippen LogP contribution in [0.1, 0.15) is 26.3 Å². The quantitative estimate of drug-likeness (QED) is 0.219. The van der Waals surface area contributed by atoms with Crippen LogP contribution in [0.15, 0.2) is 91.1 Å². The number of pyridine rings is 1. The van der Waals surface area contributed by atoms with E-state index in [1.165, 1.54) is 11.6 Å². The molecule has 0 fully saturated rings. The first-order valence-electron chi connectivity index (χ1n) is 12.2. The SMILES string of the molecule is COCCNc1ncc(-c2cccc(C(=O)Nc3ccc(OCCc4ccccc4)cc3)c2)cc1C(=O)O. The van der Waals surface area contributed by atoms with Crippen molar-refractivity contribution in [3.63, 3.8) is 0 Å². The summed E-state index contributed by atoms with van der Waals surface area (Å²) in [6.45, 7) is 1.41. The van der Waals surface area contributed by atoms with Crippen molar-refractivity contribution in [2.24, 2.45) is 0 Å². The molecule has 194 valence electrons. The number of hydrogen-bond donors (Lipinski definition) is 3. The van der Waals surface area contributed by atoms with Crippen LogP contribution in [-0.2, 0) is 11.2 Å². The number of carbonyl (C=O) groups is 2. The molecule has 4 rings (SSSR count). The van der Waals surface area contributed by atoms with Crippen molar-refractivity contribution in [1.82, 2.24) is 4.98 Å². The maximum absolute atomic E-state index is 12.9. The van der Waals surface area contributed by atoms with Crippen molar-refractivity contribution in [1.29, 1.82) is 0 Å². The zero-order chi connectivity index (χ0) is 26.7. The zero-order valence-electron chi connectivity index (χ0n) is 21.0. The smallest absolute Gasteiger partial charge is 0.339 e. The lowest BCUT2D eigenvalue weighted by molar-refractivity contribution is 0.0697. The molecule has 0 saturated carbocycles. The third kappa shape index (κ3) is 7.18. The van der Waals surface area contributed by atoms with Gasteiger partial charge in [0.05, 0.1) is 13.2 Å². The van der Waals surface area contributed by atoms with Crippen LogP contribution in [0.5, 0.6) is 5.75 Å². The first-order chi connectivity index (χ1) is 18.5. The highest BCUT2D eigenvalue weighted by Crippen LogP contribution is 2.25. The Morgan fingerprint density at radius 3 is 2.42 bits per heavy atom. The van der Waals surface area contributed by atoms with Crippen LogP contribution in [-0.4, -0.2) is 48.8 Å². The second-order valence-corrected chi connectivity index (χ2v) is 8.49. The monoisotopic (exact) mass is 511 g/mol. The minimum Gasteiger partial charge on any atom is -0.493 e. The minimum atomic E-state index is -1.10. The van der Waals surface area contributed by atoms with Crippen LogP contribution in [0.3, 0.4) is 0 Å². The third-order valence-electron chi connectivity index (χ3n) is 5.79. The summed E-state index contributed by atoms with van der Waals surface area (Å²) >= 11 is 0. The van der Waals surface area contributed by atoms with Crippen molar-refractivity contribution >= 4 is 23.4 Å². The number of carbonyl (C=O) groups excluding carboxylic acids is 1. The van der Waals surface area contributed by atoms with E-state index in [0.29, 0.717) is 42.1 Å². The number of methoxy groups -OCH3 is 1. The van der Waals surface area contributed by atoms with Gasteiger partial charge >= 0.3 is 5.97 Å². The molecule has 0 atom stereocenters. The summed E-state index contributed by atoms with van der Waals surface area (Å²) < 4.78 is 10.8. The maximum Gasteiger partial charge on any atom is 0.339 e. The molecule has 1 amide bonds. The molecule has 8 heteroatoms. The molecule has 0 aliphatic carbocycles. The van der Waals surface area contributed by atoms with Crippen molar-refractivity contribution in [2.45, 2.75) is 6.42 Å². The van der Waals surface area contributed by atoms with Gasteiger partial charge in [0.15, 0.2) is 0 Å². The summed E-state index contributed by atoms with van der Waals surface area (Å²) in [6, 6.07) is 25.8. The van der Waals surface area contributed by atoms with E-state index in [-0.39, 0.29) is 17.3 Å². The number of amides is 1. The molecule has 0 bridgehead atoms. The van der Waals surface area contributed by atoms with Crippen LogP contribution < -0.4 is 15.4 Å². The van der Waals surface area contributed by atoms with E-state index in [1.54, 1.807) is 49.7 Å². The Morgan fingerprint density at radius 1 is 0.895 bits per heavy atom. The number of rotatable bonds is 12. The van der Waals surface area contributed by atoms with Crippen LogP contribution in [0.2, 0.25) is 0 Å². The lowest BCUT2D eigenvalue weighted by Crippen LogP contribution is -2.13. The first-order valence-corrected chi connectivity index (χ1v) is 12.2. The second kappa shape index (κ2) is 13.0. The molecule has 4 aromatic rings. The number of aromatic nitrogens is 1. The summed E-state index contributed by atoms with van der Waals surface area (Å²) in [7, 11) is 1.57. The Balaban J connectivity index is 1.39. The van der Waals surface area contributed by atoms with Crippen LogP contribution in [0.4, 0.5) is 11.5 Å². The van der Waals surface area contributed by atoms with Crippen LogP contribution in [0, 0.1) is 0 Å². The molecule has 0 unspecified atom stereocenters. The summed E-state index contributed by atoms with van der Waals surface area (Å²) in [6.07, 6.45) is 2.39. The predicted octanol–water partition coefficient (Wildman–Crippen LogP) is 5.38. The molecule has 3 aromatic carbocycles. The molecule has 0 aliphatic rings. The van der Waals surface area contributed by atoms with Gasteiger partial charge in [-0.05, 0) is 53.6 Å². The van der Waals surface area contributed by atoms with E-state index >= 15 is 0 Å². The topological polar surface area (TPSA) is 110 Å². The number of ether oxygens (including phenoxy) is 2. The van der Waals surface area contributed by atoms with E-state index in [2.05, 4.69) is 27.8 Å². The standard InChI is InChI=1S/C30H29N3O5/c1-37-17-15-31-28-27(30(35)36)19-24(20-32-28)22-8-5-9-23(18-22)29(34)33-25-10-12-26(13-11-25)38-16-14-21-6-3-2-4-7-21/h2-13,18-20H,14-17H2,1H3,(H,31,32)(H,33,34)(H,35,36). The first kappa shape index (κ1) is 26.4. The Hall–Kier alpha value is -4.69. The van der Waals surface area contributed by atoms with Gasteiger partial charge in [0.25, 0.3) is 5.91 Å². The third-order valence-corrected chi connectivity index (χ3v) is 5.79. The predicted molar refractivity (Wildman–Crippen MR) is 147 cm³/mol. The number of nitrogens with one attached hydrogen (secondary N) is 2. The molecule has 1 heterocycles. The van der Waals surface area contributed by atoms with Crippen molar-refractivity contribution in [2.75, 3.05) is 37.5 Å². The van der Waals surface area contributed by atoms with Crippen LogP contribution >= 0.6 is 0 Å². The number of anilines is 2. The van der Waals surface area contributed by atoms with Gasteiger partial charge in [-0.2, -0.15) is 0 Å². The number of carboxylic acids is 1. The van der Waals surface area contributed by atoms with Crippen molar-refractivity contribution in [3.8, 4) is 16.9 Å². The molecule has 38 heavy (non-hydrogen) atoms. The Labute approximate surface area is 221 Å². The maximum atomic E-state index is 12.9. The van der Waals surface area contributed by atoms with E-state index in [0.717, 1.165) is 12.2 Å². The Bertz CT molecular complexity index is 1370. The van der Waals surface area contributed by atoms with Gasteiger partial charge in [0.1, 0.15) is 17.1 Å². The number of nitrogens with zero attached hydrogens (tertiary/aromatic N) is 1. The molecule has 0 radical (unpaired) electrons. The summed E-state index contributed by atoms with van der Waals surface area (Å²) in [5.41, 5.74) is 3.59. The van der Waals surface area contributed by atoms with Gasteiger partial charge in [-0.3, -0.25) is 4.79 Å². The number of benzene rings is 3. The van der Waals surface area contributed by atoms with Gasteiger partial charge in [-0.15, -0.1) is 0 Å². The zero-order valence-corrected chi connectivity index (χ0v) is 21.0. The molecular weight excluding hydrogens is 482 g/mol. The average molecular weight is 512 g/mol. The highest BCUT2D eigenvalue weighted by Gasteiger charge is 2.14. The van der Waals surface area contributed by atoms with Gasteiger partial charge in [0, 0.05) is 43.1 Å². The molecule has 0 spiro atoms. The van der Waals surface area contributed by atoms with Crippen molar-refractivity contribution in [3.05, 3.63) is 108 Å². The van der Waals surface area contributed by atoms with Gasteiger partial charge in [0.2, 0.25) is 0 Å². The molecule has 8 nitrogen and oxygen atoms in total. The fraction of sp³-hybridized carbons (Fsp3) is 0.167. The van der Waals surface area contributed by atoms with E-state index in [4.69, 9.17) is 9.47 Å². The number of aromatic carboxylic acids is 1. The van der Waals surface area contributed by atoms with Gasteiger partial charge < -0.3 is 25.2 Å². The summed E-state index contributed by atoms with van der Waals surface area (Å²) in [4.78, 5) is 29.0. The number of carboxylic acid groups (broad SMARTS) is 1. The highest BCUT2D eigenvalue weighted by molar-refractivity contribution is 6.05. The average Bonchev–Trinajstić information content (AvgIpc) is 2.95. The normalized spacial score (nSPS) is 10.6. The van der Waals surface area contributed by atoms with Gasteiger partial charge in [-0.25, -0.2) is 9.78 Å². The van der Waals surface area contributed by atoms with Crippen molar-refractivity contribution < 1.29 is 24.2 Å². The largest absolute Gasteiger partial charge is 0.493 e. The molecule has 0 aliphatic heterocycles. The van der Waals surface area contributed by atoms with E-state index in [1.807, 2.05) is 30.3 Å². The lowest BCUT2D eigenvalue weighted by atomic mass is 10.0. The number of hydrogen-bond acceptors (Lipinski definition) is 6. The Morgan fingerprint density at radius 2 is 1.68 bits per heavy atom. The van der Waals surface area contributed by atoms with E-state index < -0.39 is 5.97 Å². The van der Waals surface area contributed by atoms with Crippen LogP contribution in [0.25, 0.3) is 11.1 Å². The summed E-state index contributed by atoms with van der Waals surface area (Å²) in [5.74, 6) is -0.392. The Kier molecular flexibility index (Phi) is 9.04. The fourth-order valence-corrected chi connectivity index (χ4v) is 3.81. The minimum absolute atomic E-state index is 0.0412. The highest BCUT2D eigenvalue weighted by atomic mass is 16.5. The molecular formula is C30H29N3O5. The molecule has 3 N–H and O–H groups in total. The fourth-order valence-electron chi connectivity index (χ4n) is 3.81. The van der Waals surface area contributed by atoms with Gasteiger partial charge in [-0.1, -0.05) is 42.5 Å². The second-order valence-electron chi connectivity index (χ2n) is 8.49.